The van der Waals surface area contributed by atoms with Crippen molar-refractivity contribution >= 4 is 50.8 Å². The number of halogens is 1. The van der Waals surface area contributed by atoms with Gasteiger partial charge in [0, 0.05) is 16.4 Å². The van der Waals surface area contributed by atoms with Crippen molar-refractivity contribution in [2.75, 3.05) is 12.3 Å². The number of thiophene rings is 1. The highest BCUT2D eigenvalue weighted by Crippen LogP contribution is 2.29. The van der Waals surface area contributed by atoms with Gasteiger partial charge >= 0.3 is 0 Å². The number of nitrogens with zero attached hydrogens (tertiary/aromatic N) is 2. The fraction of sp³-hybridized carbons (Fsp3) is 0.350. The number of benzene rings is 1. The summed E-state index contributed by atoms with van der Waals surface area (Å²) in [4.78, 5) is 32.0. The van der Waals surface area contributed by atoms with Crippen LogP contribution in [0, 0.1) is 19.8 Å². The van der Waals surface area contributed by atoms with Gasteiger partial charge in [-0.25, -0.2) is 4.98 Å². The number of amides is 1. The molecule has 0 atom stereocenters. The number of hydrogen-bond acceptors (Lipinski definition) is 5. The SMILES string of the molecule is Cc1sc2nc(SCC(=O)NCC(C)C)n(-c3ccc(Cl)cc3)c(=O)c2c1C. The van der Waals surface area contributed by atoms with Gasteiger partial charge in [-0.05, 0) is 49.6 Å². The van der Waals surface area contributed by atoms with Gasteiger partial charge in [-0.2, -0.15) is 0 Å². The largest absolute Gasteiger partial charge is 0.355 e. The molecule has 0 radical (unpaired) electrons. The zero-order valence-electron chi connectivity index (χ0n) is 16.2. The van der Waals surface area contributed by atoms with Gasteiger partial charge in [0.25, 0.3) is 5.56 Å². The van der Waals surface area contributed by atoms with Crippen LogP contribution in [0.4, 0.5) is 0 Å². The Morgan fingerprint density at radius 3 is 2.61 bits per heavy atom. The summed E-state index contributed by atoms with van der Waals surface area (Å²) < 4.78 is 1.57. The maximum atomic E-state index is 13.3. The van der Waals surface area contributed by atoms with Gasteiger partial charge in [0.15, 0.2) is 5.16 Å². The van der Waals surface area contributed by atoms with Crippen LogP contribution in [0.3, 0.4) is 0 Å². The normalized spacial score (nSPS) is 11.4. The van der Waals surface area contributed by atoms with Crippen LogP contribution in [0.2, 0.25) is 5.02 Å². The van der Waals surface area contributed by atoms with E-state index in [2.05, 4.69) is 5.32 Å². The zero-order valence-corrected chi connectivity index (χ0v) is 18.6. The second-order valence-electron chi connectivity index (χ2n) is 6.96. The fourth-order valence-corrected chi connectivity index (χ4v) is 4.73. The smallest absolute Gasteiger partial charge is 0.267 e. The monoisotopic (exact) mass is 435 g/mol. The molecule has 1 aromatic carbocycles. The van der Waals surface area contributed by atoms with Crippen LogP contribution in [-0.4, -0.2) is 27.8 Å². The summed E-state index contributed by atoms with van der Waals surface area (Å²) in [5.74, 6) is 0.503. The average molecular weight is 436 g/mol. The topological polar surface area (TPSA) is 64.0 Å². The summed E-state index contributed by atoms with van der Waals surface area (Å²) in [6.45, 7) is 8.64. The Hall–Kier alpha value is -1.83. The van der Waals surface area contributed by atoms with Crippen molar-refractivity contribution in [1.29, 1.82) is 0 Å². The minimum absolute atomic E-state index is 0.0748. The fourth-order valence-electron chi connectivity index (χ4n) is 2.69. The molecule has 0 saturated carbocycles. The average Bonchev–Trinajstić information content (AvgIpc) is 2.93. The number of carbonyl (C=O) groups excluding carboxylic acids is 1. The van der Waals surface area contributed by atoms with E-state index >= 15 is 0 Å². The van der Waals surface area contributed by atoms with Gasteiger partial charge < -0.3 is 5.32 Å². The number of aryl methyl sites for hydroxylation is 2. The lowest BCUT2D eigenvalue weighted by Gasteiger charge is -2.13. The van der Waals surface area contributed by atoms with Crippen molar-refractivity contribution in [2.24, 2.45) is 5.92 Å². The van der Waals surface area contributed by atoms with Crippen molar-refractivity contribution in [3.63, 3.8) is 0 Å². The molecule has 0 spiro atoms. The maximum absolute atomic E-state index is 13.3. The first-order valence-electron chi connectivity index (χ1n) is 8.96. The lowest BCUT2D eigenvalue weighted by Crippen LogP contribution is -2.29. The Morgan fingerprint density at radius 1 is 1.29 bits per heavy atom. The molecule has 1 amide bonds. The first kappa shape index (κ1) is 20.9. The van der Waals surface area contributed by atoms with E-state index in [1.54, 1.807) is 28.8 Å². The van der Waals surface area contributed by atoms with E-state index in [0.29, 0.717) is 38.5 Å². The zero-order chi connectivity index (χ0) is 20.4. The Morgan fingerprint density at radius 2 is 1.96 bits per heavy atom. The first-order valence-corrected chi connectivity index (χ1v) is 11.1. The van der Waals surface area contributed by atoms with Crippen LogP contribution in [0.5, 0.6) is 0 Å². The van der Waals surface area contributed by atoms with Crippen LogP contribution in [0.1, 0.15) is 24.3 Å². The Bertz CT molecular complexity index is 1070. The number of thioether (sulfide) groups is 1. The molecule has 2 aromatic heterocycles. The molecule has 3 rings (SSSR count). The molecule has 0 bridgehead atoms. The summed E-state index contributed by atoms with van der Waals surface area (Å²) in [6, 6.07) is 7.05. The number of rotatable bonds is 6. The lowest BCUT2D eigenvalue weighted by atomic mass is 10.2. The highest BCUT2D eigenvalue weighted by molar-refractivity contribution is 7.99. The van der Waals surface area contributed by atoms with Crippen molar-refractivity contribution in [2.45, 2.75) is 32.9 Å². The molecule has 0 unspecified atom stereocenters. The molecule has 0 aliphatic rings. The van der Waals surface area contributed by atoms with Crippen LogP contribution in [0.25, 0.3) is 15.9 Å². The first-order chi connectivity index (χ1) is 13.3. The Kier molecular flexibility index (Phi) is 6.47. The molecule has 1 N–H and O–H groups in total. The molecule has 8 heteroatoms. The van der Waals surface area contributed by atoms with Gasteiger partial charge in [0.05, 0.1) is 16.8 Å². The predicted octanol–water partition coefficient (Wildman–Crippen LogP) is 4.58. The second kappa shape index (κ2) is 8.68. The third kappa shape index (κ3) is 4.42. The summed E-state index contributed by atoms with van der Waals surface area (Å²) in [5, 5.41) is 4.62. The van der Waals surface area contributed by atoms with Gasteiger partial charge in [0.1, 0.15) is 4.83 Å². The quantitative estimate of drug-likeness (QED) is 0.454. The van der Waals surface area contributed by atoms with Gasteiger partial charge in [-0.1, -0.05) is 37.2 Å². The number of hydrogen-bond donors (Lipinski definition) is 1. The molecule has 0 aliphatic carbocycles. The molecule has 5 nitrogen and oxygen atoms in total. The summed E-state index contributed by atoms with van der Waals surface area (Å²) in [5.41, 5.74) is 1.50. The minimum Gasteiger partial charge on any atom is -0.355 e. The van der Waals surface area contributed by atoms with Crippen molar-refractivity contribution in [3.8, 4) is 5.69 Å². The molecular formula is C20H22ClN3O2S2. The van der Waals surface area contributed by atoms with E-state index in [1.165, 1.54) is 23.1 Å². The maximum Gasteiger partial charge on any atom is 0.267 e. The molecule has 3 aromatic rings. The molecule has 148 valence electrons. The number of aromatic nitrogens is 2. The molecule has 28 heavy (non-hydrogen) atoms. The molecular weight excluding hydrogens is 414 g/mol. The highest BCUT2D eigenvalue weighted by atomic mass is 35.5. The Labute approximate surface area is 177 Å². The highest BCUT2D eigenvalue weighted by Gasteiger charge is 2.18. The predicted molar refractivity (Wildman–Crippen MR) is 118 cm³/mol. The number of fused-ring (bicyclic) bond motifs is 1. The summed E-state index contributed by atoms with van der Waals surface area (Å²) in [6.07, 6.45) is 0. The summed E-state index contributed by atoms with van der Waals surface area (Å²) in [7, 11) is 0. The number of carbonyl (C=O) groups is 1. The van der Waals surface area contributed by atoms with Gasteiger partial charge in [-0.3, -0.25) is 14.2 Å². The van der Waals surface area contributed by atoms with Crippen LogP contribution in [-0.2, 0) is 4.79 Å². The lowest BCUT2D eigenvalue weighted by molar-refractivity contribution is -0.118. The van der Waals surface area contributed by atoms with E-state index in [1.807, 2.05) is 27.7 Å². The van der Waals surface area contributed by atoms with Crippen LogP contribution >= 0.6 is 34.7 Å². The van der Waals surface area contributed by atoms with E-state index < -0.39 is 0 Å². The van der Waals surface area contributed by atoms with Gasteiger partial charge in [0.2, 0.25) is 5.91 Å². The van der Waals surface area contributed by atoms with Crippen LogP contribution in [0.15, 0.2) is 34.2 Å². The van der Waals surface area contributed by atoms with Crippen LogP contribution < -0.4 is 10.9 Å². The summed E-state index contributed by atoms with van der Waals surface area (Å²) >= 11 is 8.77. The molecule has 0 aliphatic heterocycles. The Balaban J connectivity index is 2.04. The molecule has 2 heterocycles. The van der Waals surface area contributed by atoms with E-state index in [9.17, 15) is 9.59 Å². The second-order valence-corrected chi connectivity index (χ2v) is 9.54. The van der Waals surface area contributed by atoms with E-state index in [4.69, 9.17) is 16.6 Å². The van der Waals surface area contributed by atoms with E-state index in [0.717, 1.165) is 10.4 Å². The minimum atomic E-state index is -0.126. The van der Waals surface area contributed by atoms with Crippen molar-refractivity contribution in [3.05, 3.63) is 50.1 Å². The third-order valence-electron chi connectivity index (χ3n) is 4.30. The molecule has 0 fully saturated rings. The molecule has 0 saturated heterocycles. The van der Waals surface area contributed by atoms with Gasteiger partial charge in [-0.15, -0.1) is 11.3 Å². The number of nitrogens with one attached hydrogen (secondary N) is 1. The van der Waals surface area contributed by atoms with E-state index in [-0.39, 0.29) is 17.2 Å². The standard InChI is InChI=1S/C20H22ClN3O2S2/c1-11(2)9-22-16(25)10-27-20-23-18-17(12(3)13(4)28-18)19(26)24(20)15-7-5-14(21)6-8-15/h5-8,11H,9-10H2,1-4H3,(H,22,25). The van der Waals surface area contributed by atoms with Crippen molar-refractivity contribution < 1.29 is 4.79 Å². The van der Waals surface area contributed by atoms with Crippen molar-refractivity contribution in [1.82, 2.24) is 14.9 Å². The third-order valence-corrected chi connectivity index (χ3v) is 6.59.